The summed E-state index contributed by atoms with van der Waals surface area (Å²) in [6, 6.07) is 3.71. The van der Waals surface area contributed by atoms with Gasteiger partial charge in [0.1, 0.15) is 11.6 Å². The van der Waals surface area contributed by atoms with Crippen LogP contribution < -0.4 is 10.5 Å². The molecule has 1 aromatic carbocycles. The molecule has 0 bridgehead atoms. The molecule has 0 fully saturated rings. The molecule has 0 aliphatic rings. The topological polar surface area (TPSA) is 88.1 Å². The molecule has 0 heterocycles. The molecule has 1 rings (SSSR count). The van der Waals surface area contributed by atoms with Crippen molar-refractivity contribution in [2.45, 2.75) is 6.42 Å². The summed E-state index contributed by atoms with van der Waals surface area (Å²) < 4.78 is 18.2. The number of ether oxygens (including phenoxy) is 1. The molecule has 88 valence electrons. The van der Waals surface area contributed by atoms with Gasteiger partial charge in [0.2, 0.25) is 0 Å². The second kappa shape index (κ2) is 5.92. The molecule has 1 aromatic rings. The number of benzene rings is 1. The Morgan fingerprint density at radius 2 is 2.25 bits per heavy atom. The van der Waals surface area contributed by atoms with E-state index in [1.165, 1.54) is 12.1 Å². The van der Waals surface area contributed by atoms with Gasteiger partial charge in [-0.2, -0.15) is 0 Å². The molecule has 16 heavy (non-hydrogen) atoms. The van der Waals surface area contributed by atoms with Crippen LogP contribution in [0.5, 0.6) is 5.75 Å². The van der Waals surface area contributed by atoms with Crippen molar-refractivity contribution in [1.29, 1.82) is 0 Å². The van der Waals surface area contributed by atoms with Gasteiger partial charge in [-0.05, 0) is 18.2 Å². The van der Waals surface area contributed by atoms with Crippen LogP contribution in [0.1, 0.15) is 12.0 Å². The van der Waals surface area contributed by atoms with Crippen LogP contribution in [-0.2, 0) is 0 Å². The van der Waals surface area contributed by atoms with Gasteiger partial charge < -0.3 is 20.8 Å². The fourth-order valence-electron chi connectivity index (χ4n) is 1.13. The summed E-state index contributed by atoms with van der Waals surface area (Å²) in [5, 5.41) is 19.9. The highest BCUT2D eigenvalue weighted by Gasteiger charge is 2.09. The Morgan fingerprint density at radius 3 is 2.88 bits per heavy atom. The number of nitrogens with zero attached hydrogens (tertiary/aromatic N) is 1. The van der Waals surface area contributed by atoms with Gasteiger partial charge in [-0.1, -0.05) is 5.16 Å². The van der Waals surface area contributed by atoms with E-state index >= 15 is 0 Å². The molecular weight excluding hydrogens is 215 g/mol. The summed E-state index contributed by atoms with van der Waals surface area (Å²) in [6.45, 7) is 0.272. The molecule has 0 aromatic heterocycles. The van der Waals surface area contributed by atoms with Crippen molar-refractivity contribution in [2.75, 3.05) is 13.2 Å². The maximum Gasteiger partial charge on any atom is 0.173 e. The minimum Gasteiger partial charge on any atom is -0.493 e. The van der Waals surface area contributed by atoms with Gasteiger partial charge in [0.05, 0.1) is 12.2 Å². The fraction of sp³-hybridized carbons (Fsp3) is 0.300. The lowest BCUT2D eigenvalue weighted by Crippen LogP contribution is -2.15. The first-order valence-electron chi connectivity index (χ1n) is 4.70. The zero-order valence-corrected chi connectivity index (χ0v) is 8.56. The van der Waals surface area contributed by atoms with Gasteiger partial charge in [0, 0.05) is 13.0 Å². The highest BCUT2D eigenvalue weighted by molar-refractivity contribution is 5.99. The lowest BCUT2D eigenvalue weighted by Gasteiger charge is -2.09. The Bertz CT molecular complexity index is 382. The molecule has 0 spiro atoms. The van der Waals surface area contributed by atoms with Crippen LogP contribution >= 0.6 is 0 Å². The molecule has 0 radical (unpaired) electrons. The Kier molecular flexibility index (Phi) is 4.53. The first-order valence-corrected chi connectivity index (χ1v) is 4.70. The third kappa shape index (κ3) is 3.09. The zero-order valence-electron chi connectivity index (χ0n) is 8.56. The van der Waals surface area contributed by atoms with Crippen LogP contribution in [-0.4, -0.2) is 29.4 Å². The van der Waals surface area contributed by atoms with E-state index in [-0.39, 0.29) is 24.6 Å². The van der Waals surface area contributed by atoms with Crippen molar-refractivity contribution >= 4 is 5.84 Å². The normalized spacial score (nSPS) is 11.5. The summed E-state index contributed by atoms with van der Waals surface area (Å²) in [7, 11) is 0. The van der Waals surface area contributed by atoms with Gasteiger partial charge in [0.15, 0.2) is 5.84 Å². The van der Waals surface area contributed by atoms with E-state index in [1.807, 2.05) is 0 Å². The number of aliphatic hydroxyl groups is 1. The maximum atomic E-state index is 12.9. The van der Waals surface area contributed by atoms with Crippen LogP contribution in [0.4, 0.5) is 4.39 Å². The number of oxime groups is 1. The van der Waals surface area contributed by atoms with Crippen molar-refractivity contribution < 1.29 is 19.4 Å². The average Bonchev–Trinajstić information content (AvgIpc) is 2.30. The smallest absolute Gasteiger partial charge is 0.173 e. The highest BCUT2D eigenvalue weighted by Crippen LogP contribution is 2.19. The van der Waals surface area contributed by atoms with Crippen molar-refractivity contribution in [3.05, 3.63) is 29.6 Å². The molecule has 0 amide bonds. The summed E-state index contributed by atoms with van der Waals surface area (Å²) in [5.41, 5.74) is 5.55. The standard InChI is InChI=1S/C10H13FN2O3/c11-7-2-3-9(16-5-1-4-14)8(6-7)10(12)13-15/h2-3,6,14-15H,1,4-5H2,(H2,12,13). The Morgan fingerprint density at radius 1 is 1.50 bits per heavy atom. The Balaban J connectivity index is 2.89. The van der Waals surface area contributed by atoms with Crippen LogP contribution in [0.15, 0.2) is 23.4 Å². The second-order valence-electron chi connectivity index (χ2n) is 3.05. The maximum absolute atomic E-state index is 12.9. The minimum absolute atomic E-state index is 0.0000987. The van der Waals surface area contributed by atoms with Crippen LogP contribution in [0.2, 0.25) is 0 Å². The Hall–Kier alpha value is -1.82. The van der Waals surface area contributed by atoms with E-state index in [9.17, 15) is 4.39 Å². The highest BCUT2D eigenvalue weighted by atomic mass is 19.1. The summed E-state index contributed by atoms with van der Waals surface area (Å²) in [4.78, 5) is 0. The van der Waals surface area contributed by atoms with Gasteiger partial charge in [-0.15, -0.1) is 0 Å². The summed E-state index contributed by atoms with van der Waals surface area (Å²) in [6.07, 6.45) is 0.451. The van der Waals surface area contributed by atoms with Gasteiger partial charge in [-0.3, -0.25) is 0 Å². The molecular formula is C10H13FN2O3. The predicted molar refractivity (Wildman–Crippen MR) is 56.1 cm³/mol. The second-order valence-corrected chi connectivity index (χ2v) is 3.05. The van der Waals surface area contributed by atoms with E-state index in [0.29, 0.717) is 12.2 Å². The third-order valence-electron chi connectivity index (χ3n) is 1.89. The first-order chi connectivity index (χ1) is 7.69. The van der Waals surface area contributed by atoms with Crippen molar-refractivity contribution in [3.63, 3.8) is 0 Å². The number of aliphatic hydroxyl groups excluding tert-OH is 1. The molecule has 0 unspecified atom stereocenters. The molecule has 4 N–H and O–H groups in total. The first kappa shape index (κ1) is 12.3. The molecule has 0 atom stereocenters. The van der Waals surface area contributed by atoms with Crippen molar-refractivity contribution in [1.82, 2.24) is 0 Å². The zero-order chi connectivity index (χ0) is 12.0. The molecule has 5 nitrogen and oxygen atoms in total. The van der Waals surface area contributed by atoms with E-state index in [0.717, 1.165) is 6.07 Å². The van der Waals surface area contributed by atoms with Crippen molar-refractivity contribution in [3.8, 4) is 5.75 Å². The molecule has 6 heteroatoms. The number of rotatable bonds is 5. The molecule has 0 aliphatic heterocycles. The van der Waals surface area contributed by atoms with Gasteiger partial charge in [-0.25, -0.2) is 4.39 Å². The number of hydrogen-bond acceptors (Lipinski definition) is 4. The van der Waals surface area contributed by atoms with E-state index in [2.05, 4.69) is 5.16 Å². The fourth-order valence-corrected chi connectivity index (χ4v) is 1.13. The molecule has 0 saturated heterocycles. The lowest BCUT2D eigenvalue weighted by atomic mass is 10.2. The number of nitrogens with two attached hydrogens (primary N) is 1. The van der Waals surface area contributed by atoms with Gasteiger partial charge in [0.25, 0.3) is 0 Å². The molecule has 0 saturated carbocycles. The van der Waals surface area contributed by atoms with Crippen molar-refractivity contribution in [2.24, 2.45) is 10.9 Å². The van der Waals surface area contributed by atoms with Gasteiger partial charge >= 0.3 is 0 Å². The van der Waals surface area contributed by atoms with Crippen LogP contribution in [0, 0.1) is 5.82 Å². The quantitative estimate of drug-likeness (QED) is 0.227. The van der Waals surface area contributed by atoms with Crippen LogP contribution in [0.3, 0.4) is 0 Å². The summed E-state index contributed by atoms with van der Waals surface area (Å²) >= 11 is 0. The number of hydrogen-bond donors (Lipinski definition) is 3. The average molecular weight is 228 g/mol. The number of amidine groups is 1. The van der Waals surface area contributed by atoms with E-state index in [4.69, 9.17) is 20.8 Å². The predicted octanol–water partition coefficient (Wildman–Crippen LogP) is 0.681. The van der Waals surface area contributed by atoms with E-state index < -0.39 is 5.82 Å². The monoisotopic (exact) mass is 228 g/mol. The largest absolute Gasteiger partial charge is 0.493 e. The molecule has 0 aliphatic carbocycles. The lowest BCUT2D eigenvalue weighted by molar-refractivity contribution is 0.233. The SMILES string of the molecule is NC(=NO)c1cc(F)ccc1OCCCO. The van der Waals surface area contributed by atoms with Crippen LogP contribution in [0.25, 0.3) is 0 Å². The summed E-state index contributed by atoms with van der Waals surface area (Å²) in [5.74, 6) is -0.417. The number of halogens is 1. The third-order valence-corrected chi connectivity index (χ3v) is 1.89. The van der Waals surface area contributed by atoms with E-state index in [1.54, 1.807) is 0 Å². The minimum atomic E-state index is -0.504. The Labute approximate surface area is 91.9 Å².